The predicted octanol–water partition coefficient (Wildman–Crippen LogP) is 7.16. The second-order valence-electron chi connectivity index (χ2n) is 8.57. The molecule has 32 heavy (non-hydrogen) atoms. The van der Waals surface area contributed by atoms with E-state index in [-0.39, 0.29) is 11.6 Å². The number of benzene rings is 2. The SMILES string of the molecule is CCCCCCCOc1cc2c(cc1OCCCCCCC)C(=O)c1ccccc1C2=O. The topological polar surface area (TPSA) is 52.6 Å². The smallest absolute Gasteiger partial charge is 0.194 e. The van der Waals surface area contributed by atoms with Crippen molar-refractivity contribution < 1.29 is 19.1 Å². The molecule has 0 fully saturated rings. The average Bonchev–Trinajstić information content (AvgIpc) is 2.82. The van der Waals surface area contributed by atoms with Crippen LogP contribution in [0, 0.1) is 0 Å². The normalized spacial score (nSPS) is 12.4. The summed E-state index contributed by atoms with van der Waals surface area (Å²) in [6.45, 7) is 5.56. The maximum atomic E-state index is 13.1. The van der Waals surface area contributed by atoms with Gasteiger partial charge in [-0.25, -0.2) is 0 Å². The first-order valence-electron chi connectivity index (χ1n) is 12.3. The molecule has 3 rings (SSSR count). The van der Waals surface area contributed by atoms with Gasteiger partial charge in [0.25, 0.3) is 0 Å². The van der Waals surface area contributed by atoms with E-state index in [2.05, 4.69) is 13.8 Å². The third-order valence-electron chi connectivity index (χ3n) is 6.00. The van der Waals surface area contributed by atoms with Gasteiger partial charge in [-0.05, 0) is 25.0 Å². The second-order valence-corrected chi connectivity index (χ2v) is 8.57. The number of unbranched alkanes of at least 4 members (excludes halogenated alkanes) is 8. The maximum Gasteiger partial charge on any atom is 0.194 e. The molecule has 1 aliphatic carbocycles. The lowest BCUT2D eigenvalue weighted by Gasteiger charge is -2.21. The molecule has 0 bridgehead atoms. The third kappa shape index (κ3) is 5.99. The van der Waals surface area contributed by atoms with Crippen LogP contribution in [-0.2, 0) is 0 Å². The lowest BCUT2D eigenvalue weighted by molar-refractivity contribution is 0.0978. The Labute approximate surface area is 192 Å². The minimum absolute atomic E-state index is 0.130. The first kappa shape index (κ1) is 24.0. The standard InChI is InChI=1S/C28H36O4/c1-3-5-7-9-13-17-31-25-19-23-24(20-26(25)32-18-14-10-8-6-4-2)28(30)22-16-12-11-15-21(22)27(23)29/h11-12,15-16,19-20H,3-10,13-14,17-18H2,1-2H3. The van der Waals surface area contributed by atoms with Gasteiger partial charge in [0.1, 0.15) is 0 Å². The number of rotatable bonds is 14. The van der Waals surface area contributed by atoms with E-state index in [1.807, 2.05) is 0 Å². The number of carbonyl (C=O) groups excluding carboxylic acids is 2. The highest BCUT2D eigenvalue weighted by Crippen LogP contribution is 2.36. The van der Waals surface area contributed by atoms with Crippen LogP contribution in [0.3, 0.4) is 0 Å². The molecule has 4 heteroatoms. The van der Waals surface area contributed by atoms with Crippen LogP contribution in [0.5, 0.6) is 11.5 Å². The van der Waals surface area contributed by atoms with Crippen molar-refractivity contribution in [3.8, 4) is 11.5 Å². The van der Waals surface area contributed by atoms with Gasteiger partial charge in [-0.2, -0.15) is 0 Å². The number of carbonyl (C=O) groups is 2. The Hall–Kier alpha value is -2.62. The Kier molecular flexibility index (Phi) is 9.33. The molecular weight excluding hydrogens is 400 g/mol. The van der Waals surface area contributed by atoms with E-state index < -0.39 is 0 Å². The number of ketones is 2. The molecule has 0 saturated heterocycles. The van der Waals surface area contributed by atoms with Crippen LogP contribution >= 0.6 is 0 Å². The van der Waals surface area contributed by atoms with Gasteiger partial charge >= 0.3 is 0 Å². The summed E-state index contributed by atoms with van der Waals surface area (Å²) in [6.07, 6.45) is 11.5. The third-order valence-corrected chi connectivity index (χ3v) is 6.00. The zero-order valence-corrected chi connectivity index (χ0v) is 19.6. The van der Waals surface area contributed by atoms with Gasteiger partial charge in [-0.3, -0.25) is 9.59 Å². The van der Waals surface area contributed by atoms with Crippen molar-refractivity contribution >= 4 is 11.6 Å². The first-order valence-corrected chi connectivity index (χ1v) is 12.3. The molecule has 0 aromatic heterocycles. The Morgan fingerprint density at radius 2 is 0.969 bits per heavy atom. The molecule has 2 aromatic carbocycles. The van der Waals surface area contributed by atoms with Crippen molar-refractivity contribution in [2.75, 3.05) is 13.2 Å². The monoisotopic (exact) mass is 436 g/mol. The molecule has 0 aliphatic heterocycles. The van der Waals surface area contributed by atoms with Crippen molar-refractivity contribution in [2.24, 2.45) is 0 Å². The summed E-state index contributed by atoms with van der Waals surface area (Å²) in [5.41, 5.74) is 1.73. The molecule has 0 spiro atoms. The fraction of sp³-hybridized carbons (Fsp3) is 0.500. The number of hydrogen-bond acceptors (Lipinski definition) is 4. The number of ether oxygens (including phenoxy) is 2. The van der Waals surface area contributed by atoms with E-state index in [1.54, 1.807) is 36.4 Å². The molecule has 1 aliphatic rings. The highest BCUT2D eigenvalue weighted by molar-refractivity contribution is 6.28. The quantitative estimate of drug-likeness (QED) is 0.252. The summed E-state index contributed by atoms with van der Waals surface area (Å²) in [5.74, 6) is 0.866. The van der Waals surface area contributed by atoms with E-state index in [9.17, 15) is 9.59 Å². The van der Waals surface area contributed by atoms with Crippen LogP contribution in [0.4, 0.5) is 0 Å². The summed E-state index contributed by atoms with van der Waals surface area (Å²) in [6, 6.07) is 10.4. The minimum atomic E-state index is -0.130. The summed E-state index contributed by atoms with van der Waals surface area (Å²) in [5, 5.41) is 0. The first-order chi connectivity index (χ1) is 15.7. The molecule has 0 saturated carbocycles. The summed E-state index contributed by atoms with van der Waals surface area (Å²) in [7, 11) is 0. The molecule has 0 radical (unpaired) electrons. The van der Waals surface area contributed by atoms with Gasteiger partial charge in [-0.1, -0.05) is 89.5 Å². The zero-order valence-electron chi connectivity index (χ0n) is 19.6. The van der Waals surface area contributed by atoms with Crippen LogP contribution in [0.2, 0.25) is 0 Å². The fourth-order valence-electron chi connectivity index (χ4n) is 4.11. The Morgan fingerprint density at radius 1 is 0.562 bits per heavy atom. The van der Waals surface area contributed by atoms with Gasteiger partial charge in [0, 0.05) is 22.3 Å². The van der Waals surface area contributed by atoms with E-state index in [0.29, 0.717) is 47.0 Å². The van der Waals surface area contributed by atoms with Crippen LogP contribution < -0.4 is 9.47 Å². The minimum Gasteiger partial charge on any atom is -0.490 e. The zero-order chi connectivity index (χ0) is 22.8. The Balaban J connectivity index is 1.76. The molecule has 0 N–H and O–H groups in total. The second kappa shape index (κ2) is 12.4. The van der Waals surface area contributed by atoms with E-state index in [0.717, 1.165) is 25.7 Å². The highest BCUT2D eigenvalue weighted by Gasteiger charge is 2.31. The highest BCUT2D eigenvalue weighted by atomic mass is 16.5. The molecule has 172 valence electrons. The molecule has 0 atom stereocenters. The summed E-state index contributed by atoms with van der Waals surface area (Å²) in [4.78, 5) is 26.2. The van der Waals surface area contributed by atoms with Crippen LogP contribution in [-0.4, -0.2) is 24.8 Å². The Bertz CT molecular complexity index is 842. The fourth-order valence-corrected chi connectivity index (χ4v) is 4.11. The van der Waals surface area contributed by atoms with E-state index in [4.69, 9.17) is 9.47 Å². The lowest BCUT2D eigenvalue weighted by Crippen LogP contribution is -2.21. The molecule has 0 heterocycles. The summed E-state index contributed by atoms with van der Waals surface area (Å²) < 4.78 is 12.1. The van der Waals surface area contributed by atoms with Crippen molar-refractivity contribution in [1.29, 1.82) is 0 Å². The lowest BCUT2D eigenvalue weighted by atomic mass is 9.84. The van der Waals surface area contributed by atoms with E-state index >= 15 is 0 Å². The molecular formula is C28H36O4. The van der Waals surface area contributed by atoms with Crippen LogP contribution in [0.1, 0.15) is 110 Å². The van der Waals surface area contributed by atoms with Crippen molar-refractivity contribution in [2.45, 2.75) is 78.1 Å². The van der Waals surface area contributed by atoms with Gasteiger partial charge in [0.05, 0.1) is 13.2 Å². The van der Waals surface area contributed by atoms with Gasteiger partial charge in [0.15, 0.2) is 23.1 Å². The largest absolute Gasteiger partial charge is 0.490 e. The number of hydrogen-bond donors (Lipinski definition) is 0. The van der Waals surface area contributed by atoms with E-state index in [1.165, 1.54) is 38.5 Å². The van der Waals surface area contributed by atoms with Crippen LogP contribution in [0.25, 0.3) is 0 Å². The maximum absolute atomic E-state index is 13.1. The van der Waals surface area contributed by atoms with Crippen molar-refractivity contribution in [1.82, 2.24) is 0 Å². The molecule has 2 aromatic rings. The molecule has 0 unspecified atom stereocenters. The van der Waals surface area contributed by atoms with Gasteiger partial charge in [0.2, 0.25) is 0 Å². The number of fused-ring (bicyclic) bond motifs is 2. The predicted molar refractivity (Wildman–Crippen MR) is 128 cm³/mol. The van der Waals surface area contributed by atoms with Crippen molar-refractivity contribution in [3.63, 3.8) is 0 Å². The van der Waals surface area contributed by atoms with Gasteiger partial charge < -0.3 is 9.47 Å². The molecule has 4 nitrogen and oxygen atoms in total. The Morgan fingerprint density at radius 3 is 1.38 bits per heavy atom. The average molecular weight is 437 g/mol. The van der Waals surface area contributed by atoms with Crippen LogP contribution in [0.15, 0.2) is 36.4 Å². The van der Waals surface area contributed by atoms with Crippen molar-refractivity contribution in [3.05, 3.63) is 58.7 Å². The molecule has 0 amide bonds. The van der Waals surface area contributed by atoms with Gasteiger partial charge in [-0.15, -0.1) is 0 Å². The summed E-state index contributed by atoms with van der Waals surface area (Å²) >= 11 is 0.